The Hall–Kier alpha value is -1.63. The largest absolute Gasteiger partial charge is 0.480 e. The lowest BCUT2D eigenvalue weighted by atomic mass is 9.82. The maximum absolute atomic E-state index is 10.1. The van der Waals surface area contributed by atoms with Gasteiger partial charge in [-0.05, 0) is 37.5 Å². The number of nitrogens with one attached hydrogen (secondary N) is 1. The molecule has 1 aliphatic rings. The van der Waals surface area contributed by atoms with E-state index in [9.17, 15) is 5.11 Å². The van der Waals surface area contributed by atoms with Crippen molar-refractivity contribution in [3.63, 3.8) is 0 Å². The number of aliphatic hydroxyl groups excluding tert-OH is 1. The molecule has 0 bridgehead atoms. The van der Waals surface area contributed by atoms with Crippen LogP contribution in [0, 0.1) is 6.92 Å². The Morgan fingerprint density at radius 1 is 1.48 bits per heavy atom. The highest BCUT2D eigenvalue weighted by Gasteiger charge is 2.42. The summed E-state index contributed by atoms with van der Waals surface area (Å²) in [6.45, 7) is 4.04. The topological polar surface area (TPSA) is 72.2 Å². The number of aromatic nitrogens is 3. The van der Waals surface area contributed by atoms with Crippen LogP contribution in [-0.4, -0.2) is 39.1 Å². The highest BCUT2D eigenvalue weighted by molar-refractivity contribution is 6.31. The second kappa shape index (κ2) is 6.47. The number of nitrogens with zero attached hydrogens (tertiary/aromatic N) is 3. The van der Waals surface area contributed by atoms with Crippen LogP contribution in [0.4, 0.5) is 0 Å². The molecule has 4 atom stereocenters. The summed E-state index contributed by atoms with van der Waals surface area (Å²) in [5.41, 5.74) is 2.06. The van der Waals surface area contributed by atoms with E-state index in [2.05, 4.69) is 22.3 Å². The maximum atomic E-state index is 10.1. The van der Waals surface area contributed by atoms with Gasteiger partial charge in [0.15, 0.2) is 0 Å². The molecule has 0 radical (unpaired) electrons. The smallest absolute Gasteiger partial charge is 0.232 e. The van der Waals surface area contributed by atoms with Crippen LogP contribution < -0.4 is 10.1 Å². The summed E-state index contributed by atoms with van der Waals surface area (Å²) in [5.74, 6) is 0.423. The van der Waals surface area contributed by atoms with Crippen molar-refractivity contribution in [1.82, 2.24) is 20.1 Å². The molecule has 7 heteroatoms. The van der Waals surface area contributed by atoms with Crippen LogP contribution in [0.5, 0.6) is 5.88 Å². The highest BCUT2D eigenvalue weighted by atomic mass is 35.5. The molecule has 0 spiro atoms. The second-order valence-corrected chi connectivity index (χ2v) is 6.45. The van der Waals surface area contributed by atoms with Gasteiger partial charge in [0, 0.05) is 24.5 Å². The average Bonchev–Trinajstić information content (AvgIpc) is 2.91. The number of aryl methyl sites for hydroxylation is 1. The van der Waals surface area contributed by atoms with Crippen molar-refractivity contribution in [3.05, 3.63) is 40.8 Å². The van der Waals surface area contributed by atoms with E-state index in [4.69, 9.17) is 16.3 Å². The predicted octanol–water partition coefficient (Wildman–Crippen LogP) is 2.27. The Morgan fingerprint density at radius 2 is 2.26 bits per heavy atom. The highest BCUT2D eigenvalue weighted by Crippen LogP contribution is 2.34. The third-order valence-electron chi connectivity index (χ3n) is 4.32. The summed E-state index contributed by atoms with van der Waals surface area (Å²) in [7, 11) is 1.54. The van der Waals surface area contributed by atoms with E-state index in [1.165, 1.54) is 0 Å². The maximum Gasteiger partial charge on any atom is 0.232 e. The van der Waals surface area contributed by atoms with Gasteiger partial charge >= 0.3 is 0 Å². The van der Waals surface area contributed by atoms with E-state index >= 15 is 0 Å². The van der Waals surface area contributed by atoms with E-state index in [0.29, 0.717) is 17.3 Å². The molecule has 1 fully saturated rings. The molecule has 2 aromatic rings. The standard InChI is InChI=1S/C16H21ClN4O2/c1-9-6-19-21(8-9)15-13(5-14(15)22)20-10(2)11-4-12(17)16(23-3)18-7-11/h4,6-8,10,13-15,20,22H,5H2,1-3H3/t10?,13-,14+,15+/m0/s1. The molecule has 2 N–H and O–H groups in total. The lowest BCUT2D eigenvalue weighted by molar-refractivity contribution is -0.0111. The first-order chi connectivity index (χ1) is 11.0. The van der Waals surface area contributed by atoms with Crippen LogP contribution in [0.15, 0.2) is 24.7 Å². The van der Waals surface area contributed by atoms with Gasteiger partial charge in [-0.3, -0.25) is 4.68 Å². The van der Waals surface area contributed by atoms with Crippen molar-refractivity contribution >= 4 is 11.6 Å². The molecule has 3 rings (SSSR count). The van der Waals surface area contributed by atoms with Gasteiger partial charge in [-0.15, -0.1) is 0 Å². The van der Waals surface area contributed by atoms with Gasteiger partial charge in [-0.2, -0.15) is 5.10 Å². The van der Waals surface area contributed by atoms with E-state index in [1.54, 1.807) is 19.5 Å². The van der Waals surface area contributed by atoms with Gasteiger partial charge in [0.05, 0.1) is 25.5 Å². The Kier molecular flexibility index (Phi) is 4.57. The first-order valence-corrected chi connectivity index (χ1v) is 8.01. The zero-order valence-corrected chi connectivity index (χ0v) is 14.2. The fourth-order valence-electron chi connectivity index (χ4n) is 2.98. The molecule has 1 saturated carbocycles. The molecular weight excluding hydrogens is 316 g/mol. The first kappa shape index (κ1) is 16.2. The minimum absolute atomic E-state index is 0.0483. The fourth-order valence-corrected chi connectivity index (χ4v) is 3.23. The number of rotatable bonds is 5. The Labute approximate surface area is 140 Å². The van der Waals surface area contributed by atoms with Crippen LogP contribution in [0.25, 0.3) is 0 Å². The zero-order valence-electron chi connectivity index (χ0n) is 13.4. The minimum Gasteiger partial charge on any atom is -0.480 e. The quantitative estimate of drug-likeness (QED) is 0.876. The predicted molar refractivity (Wildman–Crippen MR) is 87.8 cm³/mol. The number of pyridine rings is 1. The molecule has 0 amide bonds. The van der Waals surface area contributed by atoms with Gasteiger partial charge in [0.25, 0.3) is 0 Å². The molecule has 0 aliphatic heterocycles. The van der Waals surface area contributed by atoms with Gasteiger partial charge in [0.1, 0.15) is 5.02 Å². The van der Waals surface area contributed by atoms with Crippen molar-refractivity contribution in [2.45, 2.75) is 44.5 Å². The van der Waals surface area contributed by atoms with Gasteiger partial charge < -0.3 is 15.2 Å². The Balaban J connectivity index is 1.70. The summed E-state index contributed by atoms with van der Waals surface area (Å²) in [4.78, 5) is 4.20. The molecule has 1 aliphatic carbocycles. The number of ether oxygens (including phenoxy) is 1. The first-order valence-electron chi connectivity index (χ1n) is 7.64. The lowest BCUT2D eigenvalue weighted by Crippen LogP contribution is -2.55. The van der Waals surface area contributed by atoms with Crippen LogP contribution in [-0.2, 0) is 0 Å². The minimum atomic E-state index is -0.378. The normalized spacial score (nSPS) is 25.0. The molecule has 2 heterocycles. The lowest BCUT2D eigenvalue weighted by Gasteiger charge is -2.43. The number of methoxy groups -OCH3 is 1. The van der Waals surface area contributed by atoms with Crippen molar-refractivity contribution in [1.29, 1.82) is 0 Å². The molecule has 1 unspecified atom stereocenters. The Bertz CT molecular complexity index is 690. The average molecular weight is 337 g/mol. The van der Waals surface area contributed by atoms with E-state index in [-0.39, 0.29) is 24.2 Å². The fraction of sp³-hybridized carbons (Fsp3) is 0.500. The number of halogens is 1. The number of hydrogen-bond acceptors (Lipinski definition) is 5. The third kappa shape index (κ3) is 3.20. The molecule has 0 aromatic carbocycles. The molecule has 0 saturated heterocycles. The van der Waals surface area contributed by atoms with Crippen LogP contribution >= 0.6 is 11.6 Å². The summed E-state index contributed by atoms with van der Waals surface area (Å²) in [6.07, 6.45) is 5.84. The van der Waals surface area contributed by atoms with Gasteiger partial charge in [0.2, 0.25) is 5.88 Å². The molecule has 2 aromatic heterocycles. The van der Waals surface area contributed by atoms with Crippen molar-refractivity contribution in [3.8, 4) is 5.88 Å². The van der Waals surface area contributed by atoms with Crippen LogP contribution in [0.3, 0.4) is 0 Å². The summed E-state index contributed by atoms with van der Waals surface area (Å²) >= 11 is 6.14. The Morgan fingerprint density at radius 3 is 2.83 bits per heavy atom. The van der Waals surface area contributed by atoms with Crippen LogP contribution in [0.2, 0.25) is 5.02 Å². The van der Waals surface area contributed by atoms with E-state index < -0.39 is 0 Å². The van der Waals surface area contributed by atoms with Crippen LogP contribution in [0.1, 0.15) is 36.6 Å². The molecule has 124 valence electrons. The van der Waals surface area contributed by atoms with E-state index in [0.717, 1.165) is 11.1 Å². The second-order valence-electron chi connectivity index (χ2n) is 6.05. The van der Waals surface area contributed by atoms with Crippen molar-refractivity contribution in [2.75, 3.05) is 7.11 Å². The molecule has 23 heavy (non-hydrogen) atoms. The monoisotopic (exact) mass is 336 g/mol. The summed E-state index contributed by atoms with van der Waals surface area (Å²) in [5, 5.41) is 18.4. The van der Waals surface area contributed by atoms with Crippen molar-refractivity contribution < 1.29 is 9.84 Å². The SMILES string of the molecule is COc1ncc(C(C)N[C@H]2C[C@@H](O)[C@@H]2n2cc(C)cn2)cc1Cl. The zero-order chi connectivity index (χ0) is 16.6. The number of aliphatic hydroxyl groups is 1. The molecule has 6 nitrogen and oxygen atoms in total. The van der Waals surface area contributed by atoms with Gasteiger partial charge in [-0.1, -0.05) is 11.6 Å². The molecular formula is C16H21ClN4O2. The van der Waals surface area contributed by atoms with E-state index in [1.807, 2.05) is 23.9 Å². The van der Waals surface area contributed by atoms with Crippen molar-refractivity contribution in [2.24, 2.45) is 0 Å². The summed E-state index contributed by atoms with van der Waals surface area (Å²) in [6, 6.07) is 2.02. The number of hydrogen-bond donors (Lipinski definition) is 2. The van der Waals surface area contributed by atoms with Gasteiger partial charge in [-0.25, -0.2) is 4.98 Å². The summed E-state index contributed by atoms with van der Waals surface area (Å²) < 4.78 is 6.92. The third-order valence-corrected chi connectivity index (χ3v) is 4.59.